The summed E-state index contributed by atoms with van der Waals surface area (Å²) >= 11 is 0. The molecule has 2 aliphatic rings. The third-order valence-corrected chi connectivity index (χ3v) is 6.43. The van der Waals surface area contributed by atoms with Crippen LogP contribution in [0, 0.1) is 0 Å². The van der Waals surface area contributed by atoms with E-state index in [-0.39, 0.29) is 42.9 Å². The maximum atomic E-state index is 12.9. The van der Waals surface area contributed by atoms with E-state index in [0.29, 0.717) is 17.7 Å². The molecule has 1 saturated heterocycles. The molecule has 180 valence electrons. The van der Waals surface area contributed by atoms with Crippen molar-refractivity contribution in [3.8, 4) is 5.69 Å². The molecule has 1 unspecified atom stereocenters. The first-order valence-electron chi connectivity index (χ1n) is 11.4. The van der Waals surface area contributed by atoms with Crippen LogP contribution >= 0.6 is 0 Å². The first-order valence-corrected chi connectivity index (χ1v) is 11.4. The summed E-state index contributed by atoms with van der Waals surface area (Å²) in [5, 5.41) is 17.4. The summed E-state index contributed by atoms with van der Waals surface area (Å²) in [7, 11) is 0. The Morgan fingerprint density at radius 2 is 2.03 bits per heavy atom. The van der Waals surface area contributed by atoms with Gasteiger partial charge in [-0.1, -0.05) is 11.3 Å². The number of carbonyl (C=O) groups is 4. The highest BCUT2D eigenvalue weighted by Gasteiger charge is 2.39. The third-order valence-electron chi connectivity index (χ3n) is 6.43. The van der Waals surface area contributed by atoms with Crippen LogP contribution in [0.2, 0.25) is 0 Å². The van der Waals surface area contributed by atoms with E-state index >= 15 is 0 Å². The van der Waals surface area contributed by atoms with Crippen LogP contribution in [-0.4, -0.2) is 59.2 Å². The quantitative estimate of drug-likeness (QED) is 0.395. The molecule has 1 atom stereocenters. The van der Waals surface area contributed by atoms with Crippen LogP contribution < -0.4 is 10.6 Å². The van der Waals surface area contributed by atoms with Gasteiger partial charge < -0.3 is 10.2 Å². The molecule has 2 aliphatic heterocycles. The number of nitrogens with one attached hydrogen (secondary N) is 2. The summed E-state index contributed by atoms with van der Waals surface area (Å²) in [6.45, 7) is 0.511. The fraction of sp³-hybridized carbons (Fsp3) is 0.208. The number of fused-ring (bicyclic) bond motifs is 2. The summed E-state index contributed by atoms with van der Waals surface area (Å²) in [5.74, 6) is -1.42. The van der Waals surface area contributed by atoms with Crippen molar-refractivity contribution in [2.24, 2.45) is 0 Å². The van der Waals surface area contributed by atoms with Gasteiger partial charge in [-0.15, -0.1) is 5.10 Å². The zero-order valence-electron chi connectivity index (χ0n) is 18.9. The zero-order chi connectivity index (χ0) is 24.8. The third kappa shape index (κ3) is 3.68. The van der Waals surface area contributed by atoms with Crippen LogP contribution in [0.15, 0.2) is 54.9 Å². The van der Waals surface area contributed by atoms with Crippen LogP contribution in [0.25, 0.3) is 11.2 Å². The van der Waals surface area contributed by atoms with Gasteiger partial charge >= 0.3 is 0 Å². The van der Waals surface area contributed by atoms with Gasteiger partial charge in [0.15, 0.2) is 5.69 Å². The molecular weight excluding hydrogens is 464 g/mol. The van der Waals surface area contributed by atoms with Crippen molar-refractivity contribution in [3.63, 3.8) is 0 Å². The number of aromatic nitrogens is 5. The number of hydrogen-bond donors (Lipinski definition) is 2. The molecule has 4 amide bonds. The van der Waals surface area contributed by atoms with Gasteiger partial charge in [0, 0.05) is 24.7 Å². The van der Waals surface area contributed by atoms with Gasteiger partial charge in [0.2, 0.25) is 11.8 Å². The molecule has 12 nitrogen and oxygen atoms in total. The van der Waals surface area contributed by atoms with Crippen molar-refractivity contribution in [1.82, 2.24) is 40.1 Å². The fourth-order valence-electron chi connectivity index (χ4n) is 4.60. The summed E-state index contributed by atoms with van der Waals surface area (Å²) in [4.78, 5) is 50.7. The lowest BCUT2D eigenvalue weighted by Gasteiger charge is -2.29. The second-order valence-electron chi connectivity index (χ2n) is 8.66. The smallest absolute Gasteiger partial charge is 0.273 e. The predicted molar refractivity (Wildman–Crippen MR) is 124 cm³/mol. The number of pyridine rings is 1. The molecule has 3 aromatic heterocycles. The average molecular weight is 484 g/mol. The van der Waals surface area contributed by atoms with Crippen molar-refractivity contribution in [3.05, 3.63) is 77.4 Å². The van der Waals surface area contributed by atoms with Crippen LogP contribution in [-0.2, 0) is 22.7 Å². The van der Waals surface area contributed by atoms with Gasteiger partial charge in [0.25, 0.3) is 11.8 Å². The second-order valence-corrected chi connectivity index (χ2v) is 8.66. The number of nitrogens with zero attached hydrogens (tertiary/aromatic N) is 6. The molecule has 6 rings (SSSR count). The fourth-order valence-corrected chi connectivity index (χ4v) is 4.60. The van der Waals surface area contributed by atoms with Crippen LogP contribution in [0.5, 0.6) is 0 Å². The van der Waals surface area contributed by atoms with Crippen molar-refractivity contribution in [2.75, 3.05) is 0 Å². The van der Waals surface area contributed by atoms with Crippen molar-refractivity contribution in [2.45, 2.75) is 32.0 Å². The lowest BCUT2D eigenvalue weighted by molar-refractivity contribution is -0.136. The molecule has 0 radical (unpaired) electrons. The molecule has 0 saturated carbocycles. The lowest BCUT2D eigenvalue weighted by atomic mass is 10.0. The van der Waals surface area contributed by atoms with Gasteiger partial charge in [0.05, 0.1) is 29.6 Å². The van der Waals surface area contributed by atoms with E-state index in [9.17, 15) is 19.2 Å². The number of rotatable bonds is 5. The summed E-state index contributed by atoms with van der Waals surface area (Å²) in [6, 6.07) is 12.1. The molecule has 5 heterocycles. The van der Waals surface area contributed by atoms with E-state index in [0.717, 1.165) is 16.8 Å². The van der Waals surface area contributed by atoms with E-state index in [1.807, 2.05) is 24.3 Å². The number of benzene rings is 1. The van der Waals surface area contributed by atoms with E-state index in [2.05, 4.69) is 26.0 Å². The van der Waals surface area contributed by atoms with E-state index in [1.54, 1.807) is 28.9 Å². The van der Waals surface area contributed by atoms with E-state index < -0.39 is 11.9 Å². The number of imide groups is 1. The number of piperidine rings is 1. The highest BCUT2D eigenvalue weighted by atomic mass is 16.2. The molecular formula is C24H20N8O4. The predicted octanol–water partition coefficient (Wildman–Crippen LogP) is 0.606. The molecule has 2 N–H and O–H groups in total. The number of hydrogen-bond acceptors (Lipinski definition) is 7. The highest BCUT2D eigenvalue weighted by Crippen LogP contribution is 2.29. The molecule has 0 aliphatic carbocycles. The van der Waals surface area contributed by atoms with Crippen molar-refractivity contribution >= 4 is 29.1 Å². The Kier molecular flexibility index (Phi) is 5.06. The summed E-state index contributed by atoms with van der Waals surface area (Å²) < 4.78 is 3.21. The highest BCUT2D eigenvalue weighted by molar-refractivity contribution is 6.05. The normalized spacial score (nSPS) is 17.4. The Morgan fingerprint density at radius 1 is 1.14 bits per heavy atom. The zero-order valence-corrected chi connectivity index (χ0v) is 18.9. The molecule has 4 aromatic rings. The van der Waals surface area contributed by atoms with E-state index in [1.165, 1.54) is 15.8 Å². The Bertz CT molecular complexity index is 1550. The molecule has 12 heteroatoms. The van der Waals surface area contributed by atoms with Gasteiger partial charge in [-0.3, -0.25) is 24.5 Å². The van der Waals surface area contributed by atoms with Crippen LogP contribution in [0.1, 0.15) is 44.9 Å². The average Bonchev–Trinajstić information content (AvgIpc) is 3.62. The van der Waals surface area contributed by atoms with E-state index in [4.69, 9.17) is 0 Å². The minimum absolute atomic E-state index is 0.143. The van der Waals surface area contributed by atoms with Crippen LogP contribution in [0.4, 0.5) is 0 Å². The van der Waals surface area contributed by atoms with Gasteiger partial charge in [-0.25, -0.2) is 9.20 Å². The minimum atomic E-state index is -0.680. The lowest BCUT2D eigenvalue weighted by Crippen LogP contribution is -2.52. The summed E-state index contributed by atoms with van der Waals surface area (Å²) in [5.41, 5.74) is 3.75. The SMILES string of the molecule is O=C1CCC(N2Cc3cc(-n4cc(C(=O)NCc5cccc6ccnn56)nn4)ccc3C2=O)C(=O)N1. The van der Waals surface area contributed by atoms with Gasteiger partial charge in [0.1, 0.15) is 6.04 Å². The maximum absolute atomic E-state index is 12.9. The standard InChI is InChI=1S/C24H20N8O4/c33-21-7-6-20(23(35)27-21)30-12-14-10-16(4-5-18(14)24(30)36)31-13-19(28-29-31)22(34)25-11-17-3-1-2-15-8-9-26-32(15)17/h1-5,8-10,13,20H,6-7,11-12H2,(H,25,34)(H,27,33,35). The molecule has 1 aromatic carbocycles. The molecule has 0 spiro atoms. The Labute approximate surface area is 203 Å². The monoisotopic (exact) mass is 484 g/mol. The Balaban J connectivity index is 1.16. The van der Waals surface area contributed by atoms with Crippen molar-refractivity contribution in [1.29, 1.82) is 0 Å². The molecule has 0 bridgehead atoms. The Hall–Kier alpha value is -4.87. The second kappa shape index (κ2) is 8.41. The topological polar surface area (TPSA) is 144 Å². The first-order chi connectivity index (χ1) is 17.5. The number of amides is 4. The van der Waals surface area contributed by atoms with Crippen LogP contribution in [0.3, 0.4) is 0 Å². The maximum Gasteiger partial charge on any atom is 0.273 e. The minimum Gasteiger partial charge on any atom is -0.345 e. The largest absolute Gasteiger partial charge is 0.345 e. The van der Waals surface area contributed by atoms with Gasteiger partial charge in [-0.2, -0.15) is 5.10 Å². The summed E-state index contributed by atoms with van der Waals surface area (Å²) in [6.07, 6.45) is 3.71. The van der Waals surface area contributed by atoms with Crippen molar-refractivity contribution < 1.29 is 19.2 Å². The molecule has 1 fully saturated rings. The Morgan fingerprint density at radius 3 is 2.89 bits per heavy atom. The number of carbonyl (C=O) groups excluding carboxylic acids is 4. The van der Waals surface area contributed by atoms with Gasteiger partial charge in [-0.05, 0) is 48.4 Å². The first kappa shape index (κ1) is 21.6. The molecule has 36 heavy (non-hydrogen) atoms.